The van der Waals surface area contributed by atoms with Gasteiger partial charge in [0.15, 0.2) is 5.54 Å². The highest BCUT2D eigenvalue weighted by molar-refractivity contribution is 6.24. The molecule has 2 heterocycles. The quantitative estimate of drug-likeness (QED) is 0.790. The second kappa shape index (κ2) is 4.70. The fourth-order valence-corrected chi connectivity index (χ4v) is 2.59. The lowest BCUT2D eigenvalue weighted by Crippen LogP contribution is -2.38. The van der Waals surface area contributed by atoms with E-state index >= 15 is 0 Å². The number of carbonyl (C=O) groups excluding carboxylic acids is 2. The van der Waals surface area contributed by atoms with Crippen LogP contribution in [0.15, 0.2) is 34.5 Å². The van der Waals surface area contributed by atoms with Crippen LogP contribution in [0.4, 0.5) is 5.69 Å². The number of nitrogens with zero attached hydrogens (tertiary/aromatic N) is 3. The Balaban J connectivity index is 1.88. The third-order valence-corrected chi connectivity index (χ3v) is 3.59. The number of anilines is 1. The number of imide groups is 1. The highest BCUT2D eigenvalue weighted by atomic mass is 16.5. The molecule has 1 aromatic carbocycles. The van der Waals surface area contributed by atoms with E-state index in [-0.39, 0.29) is 18.2 Å². The van der Waals surface area contributed by atoms with Crippen molar-refractivity contribution < 1.29 is 14.3 Å². The number of ether oxygens (including phenoxy) is 1. The third-order valence-electron chi connectivity index (χ3n) is 3.59. The molecule has 0 aliphatic carbocycles. The van der Waals surface area contributed by atoms with E-state index in [1.807, 2.05) is 6.92 Å². The summed E-state index contributed by atoms with van der Waals surface area (Å²) in [5.74, 6) is 0.221. The van der Waals surface area contributed by atoms with Crippen LogP contribution in [0.2, 0.25) is 0 Å². The first kappa shape index (κ1) is 12.8. The summed E-state index contributed by atoms with van der Waals surface area (Å²) in [7, 11) is 0. The van der Waals surface area contributed by atoms with Crippen LogP contribution in [-0.2, 0) is 9.59 Å². The molecule has 104 valence electrons. The summed E-state index contributed by atoms with van der Waals surface area (Å²) < 4.78 is 5.35. The van der Waals surface area contributed by atoms with Crippen molar-refractivity contribution in [3.8, 4) is 5.75 Å². The van der Waals surface area contributed by atoms with Crippen molar-refractivity contribution in [2.45, 2.75) is 25.3 Å². The summed E-state index contributed by atoms with van der Waals surface area (Å²) in [6.45, 7) is 2.98. The van der Waals surface area contributed by atoms with Gasteiger partial charge in [0, 0.05) is 6.42 Å². The Morgan fingerprint density at radius 3 is 2.65 bits per heavy atom. The maximum Gasteiger partial charge on any atom is 0.264 e. The molecule has 1 atom stereocenters. The molecule has 1 aromatic rings. The average Bonchev–Trinajstić information content (AvgIpc) is 2.99. The summed E-state index contributed by atoms with van der Waals surface area (Å²) in [5, 5.41) is 7.88. The van der Waals surface area contributed by atoms with Gasteiger partial charge in [0.1, 0.15) is 5.75 Å². The van der Waals surface area contributed by atoms with Crippen LogP contribution in [0, 0.1) is 0 Å². The average molecular weight is 273 g/mol. The number of hydrogen-bond donors (Lipinski definition) is 0. The lowest BCUT2D eigenvalue weighted by Gasteiger charge is -2.17. The van der Waals surface area contributed by atoms with E-state index in [1.54, 1.807) is 24.3 Å². The Bertz CT molecular complexity index is 582. The van der Waals surface area contributed by atoms with Gasteiger partial charge in [0.25, 0.3) is 5.91 Å². The van der Waals surface area contributed by atoms with E-state index in [2.05, 4.69) is 10.2 Å². The van der Waals surface area contributed by atoms with Crippen LogP contribution in [-0.4, -0.2) is 30.5 Å². The number of carbonyl (C=O) groups is 2. The molecular formula is C14H15N3O3. The Labute approximate surface area is 116 Å². The number of benzene rings is 1. The minimum Gasteiger partial charge on any atom is -0.494 e. The number of amides is 2. The number of azo groups is 1. The lowest BCUT2D eigenvalue weighted by molar-refractivity contribution is -0.122. The van der Waals surface area contributed by atoms with E-state index in [4.69, 9.17) is 4.74 Å². The van der Waals surface area contributed by atoms with E-state index in [1.165, 1.54) is 4.90 Å². The normalized spacial score (nSPS) is 24.9. The van der Waals surface area contributed by atoms with Crippen LogP contribution in [0.3, 0.4) is 0 Å². The van der Waals surface area contributed by atoms with Crippen LogP contribution in [0.1, 0.15) is 19.8 Å². The standard InChI is InChI=1S/C14H15N3O3/c1-2-20-11-5-3-10(4-6-11)17-12(18)9-14(13(17)19)7-8-15-16-14/h3-6H,2,7-9H2,1H3/t14-/m0/s1. The SMILES string of the molecule is CCOc1ccc(N2C(=O)C[C@@]3(CCN=N3)C2=O)cc1. The molecule has 0 saturated carbocycles. The van der Waals surface area contributed by atoms with Gasteiger partial charge in [-0.05, 0) is 31.2 Å². The van der Waals surface area contributed by atoms with Crippen LogP contribution >= 0.6 is 0 Å². The van der Waals surface area contributed by atoms with Crippen molar-refractivity contribution in [1.29, 1.82) is 0 Å². The van der Waals surface area contributed by atoms with Gasteiger partial charge in [-0.3, -0.25) is 9.59 Å². The molecular weight excluding hydrogens is 258 g/mol. The second-order valence-corrected chi connectivity index (χ2v) is 4.88. The van der Waals surface area contributed by atoms with E-state index in [0.717, 1.165) is 0 Å². The zero-order chi connectivity index (χ0) is 14.2. The van der Waals surface area contributed by atoms with Crippen LogP contribution in [0.25, 0.3) is 0 Å². The maximum atomic E-state index is 12.5. The van der Waals surface area contributed by atoms with E-state index in [9.17, 15) is 9.59 Å². The van der Waals surface area contributed by atoms with Gasteiger partial charge in [0.05, 0.1) is 25.3 Å². The predicted octanol–water partition coefficient (Wildman–Crippen LogP) is 1.94. The second-order valence-electron chi connectivity index (χ2n) is 4.88. The number of hydrogen-bond acceptors (Lipinski definition) is 5. The molecule has 1 saturated heterocycles. The van der Waals surface area contributed by atoms with Gasteiger partial charge in [0.2, 0.25) is 5.91 Å². The first-order chi connectivity index (χ1) is 9.66. The summed E-state index contributed by atoms with van der Waals surface area (Å²) >= 11 is 0. The summed E-state index contributed by atoms with van der Waals surface area (Å²) in [5.41, 5.74) is -0.391. The zero-order valence-corrected chi connectivity index (χ0v) is 11.2. The largest absolute Gasteiger partial charge is 0.494 e. The number of rotatable bonds is 3. The molecule has 1 spiro atoms. The molecule has 0 aromatic heterocycles. The highest BCUT2D eigenvalue weighted by Gasteiger charge is 2.54. The van der Waals surface area contributed by atoms with Crippen molar-refractivity contribution in [2.24, 2.45) is 10.2 Å². The van der Waals surface area contributed by atoms with Gasteiger partial charge in [-0.25, -0.2) is 4.90 Å². The molecule has 2 amide bonds. The highest BCUT2D eigenvalue weighted by Crippen LogP contribution is 2.37. The van der Waals surface area contributed by atoms with Gasteiger partial charge < -0.3 is 4.74 Å². The predicted molar refractivity (Wildman–Crippen MR) is 71.8 cm³/mol. The minimum absolute atomic E-state index is 0.114. The van der Waals surface area contributed by atoms with Gasteiger partial charge in [-0.15, -0.1) is 0 Å². The van der Waals surface area contributed by atoms with Crippen molar-refractivity contribution in [3.05, 3.63) is 24.3 Å². The Morgan fingerprint density at radius 1 is 1.30 bits per heavy atom. The minimum atomic E-state index is -0.949. The van der Waals surface area contributed by atoms with Crippen molar-refractivity contribution >= 4 is 17.5 Å². The van der Waals surface area contributed by atoms with Gasteiger partial charge >= 0.3 is 0 Å². The molecule has 0 radical (unpaired) electrons. The summed E-state index contributed by atoms with van der Waals surface area (Å²) in [6, 6.07) is 6.93. The van der Waals surface area contributed by atoms with Crippen LogP contribution in [0.5, 0.6) is 5.75 Å². The van der Waals surface area contributed by atoms with Crippen molar-refractivity contribution in [2.75, 3.05) is 18.1 Å². The fraction of sp³-hybridized carbons (Fsp3) is 0.429. The molecule has 0 N–H and O–H groups in total. The first-order valence-electron chi connectivity index (χ1n) is 6.65. The third kappa shape index (κ3) is 1.88. The molecule has 0 unspecified atom stereocenters. The van der Waals surface area contributed by atoms with E-state index in [0.29, 0.717) is 31.0 Å². The van der Waals surface area contributed by atoms with Crippen molar-refractivity contribution in [1.82, 2.24) is 0 Å². The molecule has 2 aliphatic rings. The van der Waals surface area contributed by atoms with E-state index < -0.39 is 5.54 Å². The van der Waals surface area contributed by atoms with Gasteiger partial charge in [-0.2, -0.15) is 10.2 Å². The van der Waals surface area contributed by atoms with Crippen molar-refractivity contribution in [3.63, 3.8) is 0 Å². The van der Waals surface area contributed by atoms with Crippen LogP contribution < -0.4 is 9.64 Å². The molecule has 3 rings (SSSR count). The van der Waals surface area contributed by atoms with Gasteiger partial charge in [-0.1, -0.05) is 0 Å². The summed E-state index contributed by atoms with van der Waals surface area (Å²) in [6.07, 6.45) is 0.633. The molecule has 20 heavy (non-hydrogen) atoms. The Kier molecular flexibility index (Phi) is 3.00. The topological polar surface area (TPSA) is 71.3 Å². The Hall–Kier alpha value is -2.24. The molecule has 2 aliphatic heterocycles. The smallest absolute Gasteiger partial charge is 0.264 e. The Morgan fingerprint density at radius 2 is 2.05 bits per heavy atom. The molecule has 0 bridgehead atoms. The molecule has 1 fully saturated rings. The molecule has 6 nitrogen and oxygen atoms in total. The zero-order valence-electron chi connectivity index (χ0n) is 11.2. The maximum absolute atomic E-state index is 12.5. The monoisotopic (exact) mass is 273 g/mol. The first-order valence-corrected chi connectivity index (χ1v) is 6.65. The molecule has 6 heteroatoms. The summed E-state index contributed by atoms with van der Waals surface area (Å²) in [4.78, 5) is 25.8. The lowest BCUT2D eigenvalue weighted by atomic mass is 9.96. The fourth-order valence-electron chi connectivity index (χ4n) is 2.59.